The Kier molecular flexibility index (Phi) is 4.12. The lowest BCUT2D eigenvalue weighted by molar-refractivity contribution is 0.255. The SMILES string of the molecule is N#Cc1ccc(Cl)cc1N1C[C@@H](C#N)N(c2cncc3ccccc23)C1=O. The number of anilines is 2. The van der Waals surface area contributed by atoms with E-state index >= 15 is 0 Å². The zero-order valence-electron chi connectivity index (χ0n) is 14.0. The van der Waals surface area contributed by atoms with Crippen molar-refractivity contribution in [1.29, 1.82) is 10.5 Å². The van der Waals surface area contributed by atoms with E-state index in [1.54, 1.807) is 30.6 Å². The van der Waals surface area contributed by atoms with Crippen molar-refractivity contribution in [2.45, 2.75) is 6.04 Å². The van der Waals surface area contributed by atoms with Gasteiger partial charge in [0.15, 0.2) is 0 Å². The van der Waals surface area contributed by atoms with Crippen LogP contribution in [0, 0.1) is 22.7 Å². The number of amides is 2. The summed E-state index contributed by atoms with van der Waals surface area (Å²) in [4.78, 5) is 20.3. The summed E-state index contributed by atoms with van der Waals surface area (Å²) in [5.41, 5.74) is 1.28. The number of halogens is 1. The van der Waals surface area contributed by atoms with Crippen LogP contribution < -0.4 is 9.80 Å². The molecule has 0 N–H and O–H groups in total. The topological polar surface area (TPSA) is 84.0 Å². The number of pyridine rings is 1. The van der Waals surface area contributed by atoms with E-state index in [2.05, 4.69) is 17.1 Å². The van der Waals surface area contributed by atoms with E-state index in [1.807, 2.05) is 24.3 Å². The number of fused-ring (bicyclic) bond motifs is 1. The Labute approximate surface area is 160 Å². The highest BCUT2D eigenvalue weighted by Gasteiger charge is 2.40. The van der Waals surface area contributed by atoms with Gasteiger partial charge in [-0.15, -0.1) is 0 Å². The van der Waals surface area contributed by atoms with Crippen molar-refractivity contribution in [3.63, 3.8) is 0 Å². The molecule has 0 radical (unpaired) electrons. The molecular formula is C20H12ClN5O. The molecule has 27 heavy (non-hydrogen) atoms. The Morgan fingerprint density at radius 3 is 2.70 bits per heavy atom. The summed E-state index contributed by atoms with van der Waals surface area (Å²) >= 11 is 6.07. The second kappa shape index (κ2) is 6.60. The fourth-order valence-corrected chi connectivity index (χ4v) is 3.45. The van der Waals surface area contributed by atoms with E-state index in [4.69, 9.17) is 11.6 Å². The average molecular weight is 374 g/mol. The molecule has 2 aromatic carbocycles. The lowest BCUT2D eigenvalue weighted by Crippen LogP contribution is -2.34. The van der Waals surface area contributed by atoms with Crippen LogP contribution in [-0.4, -0.2) is 23.6 Å². The van der Waals surface area contributed by atoms with E-state index in [0.717, 1.165) is 10.8 Å². The van der Waals surface area contributed by atoms with Crippen LogP contribution in [-0.2, 0) is 0 Å². The van der Waals surface area contributed by atoms with Gasteiger partial charge in [-0.2, -0.15) is 10.5 Å². The predicted molar refractivity (Wildman–Crippen MR) is 103 cm³/mol. The van der Waals surface area contributed by atoms with Crippen molar-refractivity contribution in [2.75, 3.05) is 16.3 Å². The van der Waals surface area contributed by atoms with Crippen LogP contribution in [0.2, 0.25) is 5.02 Å². The third kappa shape index (κ3) is 2.73. The molecule has 0 bridgehead atoms. The Morgan fingerprint density at radius 1 is 1.11 bits per heavy atom. The number of hydrogen-bond acceptors (Lipinski definition) is 4. The van der Waals surface area contributed by atoms with Crippen LogP contribution in [0.15, 0.2) is 54.9 Å². The van der Waals surface area contributed by atoms with Gasteiger partial charge in [-0.25, -0.2) is 4.79 Å². The maximum Gasteiger partial charge on any atom is 0.330 e. The Morgan fingerprint density at radius 2 is 1.93 bits per heavy atom. The summed E-state index contributed by atoms with van der Waals surface area (Å²) in [5.74, 6) is 0. The van der Waals surface area contributed by atoms with Crippen molar-refractivity contribution < 1.29 is 4.79 Å². The zero-order chi connectivity index (χ0) is 19.0. The normalized spacial score (nSPS) is 16.4. The first kappa shape index (κ1) is 16.8. The van der Waals surface area contributed by atoms with Crippen LogP contribution in [0.3, 0.4) is 0 Å². The Hall–Kier alpha value is -3.61. The quantitative estimate of drug-likeness (QED) is 0.677. The lowest BCUT2D eigenvalue weighted by atomic mass is 10.1. The first-order valence-corrected chi connectivity index (χ1v) is 8.54. The molecule has 1 aliphatic rings. The van der Waals surface area contributed by atoms with Gasteiger partial charge in [0.05, 0.1) is 35.7 Å². The van der Waals surface area contributed by atoms with Gasteiger partial charge in [-0.1, -0.05) is 35.9 Å². The van der Waals surface area contributed by atoms with Crippen molar-refractivity contribution in [1.82, 2.24) is 4.98 Å². The highest BCUT2D eigenvalue weighted by molar-refractivity contribution is 6.31. The summed E-state index contributed by atoms with van der Waals surface area (Å²) in [5, 5.41) is 21.1. The van der Waals surface area contributed by atoms with Crippen molar-refractivity contribution in [3.8, 4) is 12.1 Å². The average Bonchev–Trinajstić information content (AvgIpc) is 3.03. The summed E-state index contributed by atoms with van der Waals surface area (Å²) in [6, 6.07) is 15.4. The first-order valence-electron chi connectivity index (χ1n) is 8.17. The largest absolute Gasteiger partial charge is 0.330 e. The van der Waals surface area contributed by atoms with Crippen molar-refractivity contribution >= 4 is 39.8 Å². The van der Waals surface area contributed by atoms with E-state index < -0.39 is 12.1 Å². The fourth-order valence-electron chi connectivity index (χ4n) is 3.28. The van der Waals surface area contributed by atoms with Crippen LogP contribution in [0.1, 0.15) is 5.56 Å². The molecule has 130 valence electrons. The van der Waals surface area contributed by atoms with Crippen LogP contribution in [0.4, 0.5) is 16.2 Å². The van der Waals surface area contributed by atoms with Gasteiger partial charge in [0.25, 0.3) is 0 Å². The third-order valence-corrected chi connectivity index (χ3v) is 4.77. The second-order valence-corrected chi connectivity index (χ2v) is 6.50. The summed E-state index contributed by atoms with van der Waals surface area (Å²) in [7, 11) is 0. The molecule has 7 heteroatoms. The van der Waals surface area contributed by atoms with E-state index in [-0.39, 0.29) is 6.54 Å². The summed E-state index contributed by atoms with van der Waals surface area (Å²) in [6.07, 6.45) is 3.29. The Bertz CT molecular complexity index is 1140. The summed E-state index contributed by atoms with van der Waals surface area (Å²) in [6.45, 7) is 0.133. The van der Waals surface area contributed by atoms with Crippen molar-refractivity contribution in [3.05, 3.63) is 65.4 Å². The lowest BCUT2D eigenvalue weighted by Gasteiger charge is -2.21. The van der Waals surface area contributed by atoms with Crippen LogP contribution in [0.5, 0.6) is 0 Å². The summed E-state index contributed by atoms with van der Waals surface area (Å²) < 4.78 is 0. The molecule has 3 aromatic rings. The molecule has 4 rings (SSSR count). The van der Waals surface area contributed by atoms with Gasteiger partial charge in [-0.05, 0) is 18.2 Å². The first-order chi connectivity index (χ1) is 13.1. The Balaban J connectivity index is 1.84. The van der Waals surface area contributed by atoms with E-state index in [9.17, 15) is 15.3 Å². The number of carbonyl (C=O) groups excluding carboxylic acids is 1. The van der Waals surface area contributed by atoms with Gasteiger partial charge in [0.1, 0.15) is 12.1 Å². The van der Waals surface area contributed by atoms with Crippen molar-refractivity contribution in [2.24, 2.45) is 0 Å². The van der Waals surface area contributed by atoms with Crippen LogP contribution in [0.25, 0.3) is 10.8 Å². The molecule has 1 saturated heterocycles. The number of urea groups is 1. The number of benzene rings is 2. The minimum atomic E-state index is -0.712. The fraction of sp³-hybridized carbons (Fsp3) is 0.100. The van der Waals surface area contributed by atoms with E-state index in [0.29, 0.717) is 22.0 Å². The van der Waals surface area contributed by atoms with Gasteiger partial charge >= 0.3 is 6.03 Å². The molecule has 1 aromatic heterocycles. The minimum absolute atomic E-state index is 0.133. The smallest absolute Gasteiger partial charge is 0.289 e. The van der Waals surface area contributed by atoms with E-state index in [1.165, 1.54) is 9.80 Å². The standard InChI is InChI=1S/C20H12ClN5O/c21-15-6-5-13(8-22)18(7-15)25-12-16(9-23)26(20(25)27)19-11-24-10-14-3-1-2-4-17(14)19/h1-7,10-11,16H,12H2/t16-/m1/s1. The molecule has 6 nitrogen and oxygen atoms in total. The molecule has 1 atom stereocenters. The molecule has 1 aliphatic heterocycles. The molecule has 0 spiro atoms. The number of hydrogen-bond donors (Lipinski definition) is 0. The number of nitrogens with zero attached hydrogens (tertiary/aromatic N) is 5. The van der Waals surface area contributed by atoms with Gasteiger partial charge in [0.2, 0.25) is 0 Å². The third-order valence-electron chi connectivity index (χ3n) is 4.53. The molecule has 2 amide bonds. The van der Waals surface area contributed by atoms with Gasteiger partial charge in [0, 0.05) is 22.0 Å². The second-order valence-electron chi connectivity index (χ2n) is 6.06. The van der Waals surface area contributed by atoms with Gasteiger partial charge in [-0.3, -0.25) is 14.8 Å². The highest BCUT2D eigenvalue weighted by atomic mass is 35.5. The molecule has 0 aliphatic carbocycles. The maximum atomic E-state index is 13.2. The highest BCUT2D eigenvalue weighted by Crippen LogP contribution is 2.35. The monoisotopic (exact) mass is 373 g/mol. The van der Waals surface area contributed by atoms with Gasteiger partial charge < -0.3 is 0 Å². The molecule has 0 unspecified atom stereocenters. The zero-order valence-corrected chi connectivity index (χ0v) is 14.8. The predicted octanol–water partition coefficient (Wildman–Crippen LogP) is 4.10. The molecule has 0 saturated carbocycles. The van der Waals surface area contributed by atoms with Crippen LogP contribution >= 0.6 is 11.6 Å². The molecule has 2 heterocycles. The minimum Gasteiger partial charge on any atom is -0.289 e. The molecular weight excluding hydrogens is 362 g/mol. The number of nitriles is 2. The number of carbonyl (C=O) groups is 1. The number of rotatable bonds is 2. The molecule has 1 fully saturated rings. The maximum absolute atomic E-state index is 13.2. The number of aromatic nitrogens is 1.